The summed E-state index contributed by atoms with van der Waals surface area (Å²) < 4.78 is 5.75. The number of Topliss-reactive ketones (excluding diaryl/α,β-unsaturated/α-hetero) is 1. The molecule has 1 aliphatic heterocycles. The van der Waals surface area contributed by atoms with Crippen LogP contribution in [0.25, 0.3) is 0 Å². The van der Waals surface area contributed by atoms with Gasteiger partial charge in [0.2, 0.25) is 5.78 Å². The Morgan fingerprint density at radius 1 is 1.10 bits per heavy atom. The zero-order valence-electron chi connectivity index (χ0n) is 10.9. The predicted molar refractivity (Wildman–Crippen MR) is 72.9 cm³/mol. The van der Waals surface area contributed by atoms with E-state index in [9.17, 15) is 15.0 Å². The predicted octanol–water partition coefficient (Wildman–Crippen LogP) is 2.46. The number of carbonyl (C=O) groups excluding carboxylic acids is 1. The van der Waals surface area contributed by atoms with Gasteiger partial charge in [0.1, 0.15) is 11.5 Å². The number of phenolic OH excluding ortho intramolecular Hbond substituents is 1. The number of phenols is 1. The van der Waals surface area contributed by atoms with Gasteiger partial charge in [0.25, 0.3) is 0 Å². The molecule has 0 fully saturated rings. The Bertz CT molecular complexity index is 676. The highest BCUT2D eigenvalue weighted by Gasteiger charge is 2.48. The smallest absolute Gasteiger partial charge is 0.201 e. The van der Waals surface area contributed by atoms with Crippen molar-refractivity contribution in [3.8, 4) is 11.5 Å². The van der Waals surface area contributed by atoms with Crippen LogP contribution in [0.5, 0.6) is 11.5 Å². The van der Waals surface area contributed by atoms with Crippen molar-refractivity contribution in [3.05, 3.63) is 59.7 Å². The van der Waals surface area contributed by atoms with Crippen LogP contribution in [0.4, 0.5) is 0 Å². The van der Waals surface area contributed by atoms with Crippen LogP contribution < -0.4 is 4.74 Å². The molecule has 2 aromatic carbocycles. The monoisotopic (exact) mass is 270 g/mol. The van der Waals surface area contributed by atoms with Gasteiger partial charge in [0, 0.05) is 5.56 Å². The normalized spacial score (nSPS) is 24.9. The molecule has 0 spiro atoms. The highest BCUT2D eigenvalue weighted by atomic mass is 16.5. The third-order valence-corrected chi connectivity index (χ3v) is 3.57. The van der Waals surface area contributed by atoms with Gasteiger partial charge in [-0.15, -0.1) is 0 Å². The van der Waals surface area contributed by atoms with Crippen LogP contribution in [0.1, 0.15) is 28.9 Å². The summed E-state index contributed by atoms with van der Waals surface area (Å²) in [6.07, 6.45) is -0.939. The molecule has 0 amide bonds. The molecule has 2 atom stereocenters. The van der Waals surface area contributed by atoms with Gasteiger partial charge >= 0.3 is 0 Å². The fourth-order valence-electron chi connectivity index (χ4n) is 2.47. The lowest BCUT2D eigenvalue weighted by molar-refractivity contribution is -0.0386. The van der Waals surface area contributed by atoms with E-state index in [0.29, 0.717) is 16.9 Å². The van der Waals surface area contributed by atoms with E-state index in [1.807, 2.05) is 0 Å². The standard InChI is InChI=1S/C16H14O4/c1-16(19)14(18)11-7-3-5-9-13(11)20-15(16)10-6-2-4-8-12(10)17/h2-9,15,17,19H,1H3. The Hall–Kier alpha value is -2.33. The van der Waals surface area contributed by atoms with Crippen molar-refractivity contribution in [2.45, 2.75) is 18.6 Å². The fourth-order valence-corrected chi connectivity index (χ4v) is 2.47. The van der Waals surface area contributed by atoms with Gasteiger partial charge in [0.15, 0.2) is 11.7 Å². The summed E-state index contributed by atoms with van der Waals surface area (Å²) >= 11 is 0. The molecular weight excluding hydrogens is 256 g/mol. The number of hydrogen-bond donors (Lipinski definition) is 2. The fraction of sp³-hybridized carbons (Fsp3) is 0.188. The van der Waals surface area contributed by atoms with Crippen molar-refractivity contribution < 1.29 is 19.7 Å². The van der Waals surface area contributed by atoms with Crippen molar-refractivity contribution >= 4 is 5.78 Å². The molecule has 0 aliphatic carbocycles. The highest BCUT2D eigenvalue weighted by Crippen LogP contribution is 2.43. The highest BCUT2D eigenvalue weighted by molar-refractivity contribution is 6.05. The van der Waals surface area contributed by atoms with E-state index in [1.165, 1.54) is 13.0 Å². The number of aliphatic hydroxyl groups is 1. The first-order valence-corrected chi connectivity index (χ1v) is 6.32. The van der Waals surface area contributed by atoms with Crippen molar-refractivity contribution in [2.24, 2.45) is 0 Å². The second-order valence-corrected chi connectivity index (χ2v) is 5.03. The first-order valence-electron chi connectivity index (χ1n) is 6.32. The number of ketones is 1. The van der Waals surface area contributed by atoms with E-state index in [2.05, 4.69) is 0 Å². The molecule has 2 unspecified atom stereocenters. The molecule has 3 rings (SSSR count). The molecule has 0 aromatic heterocycles. The number of aromatic hydroxyl groups is 1. The summed E-state index contributed by atoms with van der Waals surface area (Å²) in [6, 6.07) is 13.3. The summed E-state index contributed by atoms with van der Waals surface area (Å²) in [5.74, 6) is -0.00478. The van der Waals surface area contributed by atoms with Gasteiger partial charge < -0.3 is 14.9 Å². The largest absolute Gasteiger partial charge is 0.508 e. The number of fused-ring (bicyclic) bond motifs is 1. The summed E-state index contributed by atoms with van der Waals surface area (Å²) in [6.45, 7) is 1.41. The van der Waals surface area contributed by atoms with Gasteiger partial charge in [-0.1, -0.05) is 30.3 Å². The second kappa shape index (κ2) is 4.35. The minimum absolute atomic E-state index is 0.00930. The van der Waals surface area contributed by atoms with Crippen molar-refractivity contribution in [2.75, 3.05) is 0 Å². The first-order chi connectivity index (χ1) is 9.51. The molecule has 0 saturated heterocycles. The third-order valence-electron chi connectivity index (χ3n) is 3.57. The molecule has 0 radical (unpaired) electrons. The average Bonchev–Trinajstić information content (AvgIpc) is 2.44. The van der Waals surface area contributed by atoms with Crippen molar-refractivity contribution in [1.82, 2.24) is 0 Å². The molecule has 102 valence electrons. The van der Waals surface area contributed by atoms with E-state index in [0.717, 1.165) is 0 Å². The van der Waals surface area contributed by atoms with Crippen LogP contribution in [0.15, 0.2) is 48.5 Å². The van der Waals surface area contributed by atoms with Crippen LogP contribution >= 0.6 is 0 Å². The molecule has 2 aromatic rings. The van der Waals surface area contributed by atoms with Crippen LogP contribution in [0.2, 0.25) is 0 Å². The quantitative estimate of drug-likeness (QED) is 0.835. The Balaban J connectivity index is 2.15. The van der Waals surface area contributed by atoms with Crippen LogP contribution in [-0.2, 0) is 0 Å². The van der Waals surface area contributed by atoms with Crippen LogP contribution in [-0.4, -0.2) is 21.6 Å². The van der Waals surface area contributed by atoms with Crippen molar-refractivity contribution in [3.63, 3.8) is 0 Å². The molecule has 1 aliphatic rings. The second-order valence-electron chi connectivity index (χ2n) is 5.03. The van der Waals surface area contributed by atoms with Crippen LogP contribution in [0, 0.1) is 0 Å². The molecule has 0 bridgehead atoms. The summed E-state index contributed by atoms with van der Waals surface area (Å²) in [5, 5.41) is 20.5. The molecular formula is C16H14O4. The van der Waals surface area contributed by atoms with E-state index >= 15 is 0 Å². The van der Waals surface area contributed by atoms with Gasteiger partial charge in [0.05, 0.1) is 5.56 Å². The molecule has 1 heterocycles. The number of hydrogen-bond acceptors (Lipinski definition) is 4. The zero-order valence-corrected chi connectivity index (χ0v) is 10.9. The van der Waals surface area contributed by atoms with E-state index in [1.54, 1.807) is 42.5 Å². The number of carbonyl (C=O) groups is 1. The molecule has 0 saturated carbocycles. The molecule has 4 nitrogen and oxygen atoms in total. The molecule has 20 heavy (non-hydrogen) atoms. The topological polar surface area (TPSA) is 66.8 Å². The number of ether oxygens (including phenoxy) is 1. The first kappa shape index (κ1) is 12.7. The van der Waals surface area contributed by atoms with E-state index in [4.69, 9.17) is 4.74 Å². The minimum Gasteiger partial charge on any atom is -0.508 e. The van der Waals surface area contributed by atoms with Gasteiger partial charge in [-0.2, -0.15) is 0 Å². The maximum atomic E-state index is 12.4. The lowest BCUT2D eigenvalue weighted by atomic mass is 9.83. The maximum Gasteiger partial charge on any atom is 0.201 e. The van der Waals surface area contributed by atoms with Gasteiger partial charge in [-0.25, -0.2) is 0 Å². The molecule has 2 N–H and O–H groups in total. The average molecular weight is 270 g/mol. The van der Waals surface area contributed by atoms with Gasteiger partial charge in [-0.05, 0) is 25.1 Å². The summed E-state index contributed by atoms with van der Waals surface area (Å²) in [4.78, 5) is 12.4. The number of rotatable bonds is 1. The number of benzene rings is 2. The van der Waals surface area contributed by atoms with E-state index in [-0.39, 0.29) is 5.75 Å². The zero-order chi connectivity index (χ0) is 14.3. The minimum atomic E-state index is -1.73. The maximum absolute atomic E-state index is 12.4. The lowest BCUT2D eigenvalue weighted by Crippen LogP contribution is -2.47. The van der Waals surface area contributed by atoms with E-state index < -0.39 is 17.5 Å². The summed E-state index contributed by atoms with van der Waals surface area (Å²) in [5.41, 5.74) is -0.989. The Kier molecular flexibility index (Phi) is 2.76. The Morgan fingerprint density at radius 2 is 1.75 bits per heavy atom. The Labute approximate surface area is 116 Å². The van der Waals surface area contributed by atoms with Gasteiger partial charge in [-0.3, -0.25) is 4.79 Å². The lowest BCUT2D eigenvalue weighted by Gasteiger charge is -2.37. The SMILES string of the molecule is CC1(O)C(=O)c2ccccc2OC1c1ccccc1O. The van der Waals surface area contributed by atoms with Crippen molar-refractivity contribution in [1.29, 1.82) is 0 Å². The summed E-state index contributed by atoms with van der Waals surface area (Å²) in [7, 11) is 0. The molecule has 4 heteroatoms. The Morgan fingerprint density at radius 3 is 2.50 bits per heavy atom. The third kappa shape index (κ3) is 1.77. The number of para-hydroxylation sites is 2. The van der Waals surface area contributed by atoms with Crippen LogP contribution in [0.3, 0.4) is 0 Å².